The van der Waals surface area contributed by atoms with Crippen LogP contribution < -0.4 is 20.6 Å². The van der Waals surface area contributed by atoms with Crippen LogP contribution in [0.15, 0.2) is 24.3 Å². The molecule has 0 radical (unpaired) electrons. The molecule has 92 valence electrons. The highest BCUT2D eigenvalue weighted by Crippen LogP contribution is 2.09. The fourth-order valence-electron chi connectivity index (χ4n) is 1.22. The molecule has 0 saturated heterocycles. The molecule has 1 rings (SSSR count). The van der Waals surface area contributed by atoms with Crippen LogP contribution in [0.4, 0.5) is 0 Å². The van der Waals surface area contributed by atoms with Crippen LogP contribution in [0.3, 0.4) is 0 Å². The molecule has 0 fully saturated rings. The van der Waals surface area contributed by atoms with Crippen molar-refractivity contribution in [2.75, 3.05) is 13.2 Å². The fraction of sp³-hybridized carbons (Fsp3) is 0.333. The molecule has 0 saturated carbocycles. The molecule has 0 unspecified atom stereocenters. The molecule has 0 spiro atoms. The number of thiocarbonyl (C=S) groups is 1. The molecule has 1 aromatic rings. The van der Waals surface area contributed by atoms with Crippen LogP contribution in [-0.4, -0.2) is 24.5 Å². The summed E-state index contributed by atoms with van der Waals surface area (Å²) in [5, 5.41) is 6.47. The van der Waals surface area contributed by atoms with Crippen molar-refractivity contribution in [3.63, 3.8) is 0 Å². The Hall–Kier alpha value is -1.62. The first-order chi connectivity index (χ1) is 8.26. The Bertz CT molecular complexity index is 376. The number of rotatable bonds is 5. The van der Waals surface area contributed by atoms with E-state index < -0.39 is 0 Å². The first-order valence-corrected chi connectivity index (χ1v) is 6.02. The molecule has 5 heteroatoms. The van der Waals surface area contributed by atoms with E-state index in [0.717, 1.165) is 17.9 Å². The van der Waals surface area contributed by atoms with E-state index in [4.69, 9.17) is 17.0 Å². The maximum atomic E-state index is 5.35. The third-order valence-corrected chi connectivity index (χ3v) is 2.20. The van der Waals surface area contributed by atoms with Gasteiger partial charge in [0.05, 0.1) is 6.61 Å². The van der Waals surface area contributed by atoms with Crippen molar-refractivity contribution in [3.8, 4) is 5.75 Å². The van der Waals surface area contributed by atoms with Crippen LogP contribution in [0.5, 0.6) is 5.75 Å². The Morgan fingerprint density at radius 1 is 1.35 bits per heavy atom. The first kappa shape index (κ1) is 13.4. The smallest absolute Gasteiger partial charge is 0.223 e. The molecule has 0 atom stereocenters. The third kappa shape index (κ3) is 5.31. The van der Waals surface area contributed by atoms with Crippen molar-refractivity contribution in [2.45, 2.75) is 13.8 Å². The lowest BCUT2D eigenvalue weighted by atomic mass is 10.2. The van der Waals surface area contributed by atoms with Crippen LogP contribution >= 0.6 is 12.2 Å². The Kier molecular flexibility index (Phi) is 6.03. The van der Waals surface area contributed by atoms with Gasteiger partial charge in [0.2, 0.25) is 5.11 Å². The highest BCUT2D eigenvalue weighted by Gasteiger charge is 1.95. The molecule has 0 aromatic heterocycles. The molecule has 0 heterocycles. The minimum Gasteiger partial charge on any atom is -0.494 e. The molecule has 17 heavy (non-hydrogen) atoms. The second-order valence-corrected chi connectivity index (χ2v) is 3.68. The van der Waals surface area contributed by atoms with E-state index in [1.54, 1.807) is 0 Å². The van der Waals surface area contributed by atoms with Gasteiger partial charge >= 0.3 is 0 Å². The molecule has 3 N–H and O–H groups in total. The summed E-state index contributed by atoms with van der Waals surface area (Å²) in [5.41, 5.74) is 3.90. The third-order valence-electron chi connectivity index (χ3n) is 1.95. The van der Waals surface area contributed by atoms with Gasteiger partial charge in [0, 0.05) is 12.1 Å². The van der Waals surface area contributed by atoms with Crippen LogP contribution in [0, 0.1) is 0 Å². The molecular formula is C12H18N3OS+. The SMILES string of the molecule is CCNC(=S)N[NH+]=Cc1ccc(OCC)cc1. The highest BCUT2D eigenvalue weighted by molar-refractivity contribution is 7.80. The van der Waals surface area contributed by atoms with Crippen molar-refractivity contribution in [1.82, 2.24) is 10.7 Å². The number of ether oxygens (including phenoxy) is 1. The zero-order valence-electron chi connectivity index (χ0n) is 10.1. The number of hydrogen-bond acceptors (Lipinski definition) is 2. The van der Waals surface area contributed by atoms with E-state index in [1.807, 2.05) is 44.3 Å². The largest absolute Gasteiger partial charge is 0.494 e. The normalized spacial score (nSPS) is 10.2. The maximum absolute atomic E-state index is 5.35. The molecule has 1 aromatic carbocycles. The van der Waals surface area contributed by atoms with E-state index >= 15 is 0 Å². The van der Waals surface area contributed by atoms with Crippen LogP contribution in [0.2, 0.25) is 0 Å². The van der Waals surface area contributed by atoms with E-state index in [2.05, 4.69) is 15.8 Å². The molecular weight excluding hydrogens is 234 g/mol. The summed E-state index contributed by atoms with van der Waals surface area (Å²) in [6, 6.07) is 7.80. The van der Waals surface area contributed by atoms with Gasteiger partial charge in [0.25, 0.3) is 0 Å². The standard InChI is InChI=1S/C12H17N3OS/c1-3-13-12(17)15-14-9-10-5-7-11(8-6-10)16-4-2/h5-9H,3-4H2,1-2H3,(H2,13,15,17)/p+1. The van der Waals surface area contributed by atoms with Gasteiger partial charge in [-0.15, -0.1) is 10.5 Å². The van der Waals surface area contributed by atoms with Gasteiger partial charge in [-0.2, -0.15) is 0 Å². The van der Waals surface area contributed by atoms with Gasteiger partial charge < -0.3 is 10.1 Å². The van der Waals surface area contributed by atoms with Crippen molar-refractivity contribution >= 4 is 23.5 Å². The lowest BCUT2D eigenvalue weighted by Crippen LogP contribution is -2.82. The summed E-state index contributed by atoms with van der Waals surface area (Å²) in [6.07, 6.45) is 1.83. The average Bonchev–Trinajstić information content (AvgIpc) is 2.32. The number of benzene rings is 1. The quantitative estimate of drug-likeness (QED) is 0.392. The van der Waals surface area contributed by atoms with E-state index in [9.17, 15) is 0 Å². The fourth-order valence-corrected chi connectivity index (χ4v) is 1.42. The van der Waals surface area contributed by atoms with Crippen molar-refractivity contribution in [3.05, 3.63) is 29.8 Å². The molecule has 0 aliphatic heterocycles. The maximum Gasteiger partial charge on any atom is 0.223 e. The Balaban J connectivity index is 2.45. The van der Waals surface area contributed by atoms with Gasteiger partial charge in [0.15, 0.2) is 6.21 Å². The second-order valence-electron chi connectivity index (χ2n) is 3.28. The summed E-state index contributed by atoms with van der Waals surface area (Å²) in [4.78, 5) is 0. The minimum atomic E-state index is 0.578. The minimum absolute atomic E-state index is 0.578. The Labute approximate surface area is 107 Å². The predicted molar refractivity (Wildman–Crippen MR) is 73.2 cm³/mol. The molecule has 0 aliphatic rings. The van der Waals surface area contributed by atoms with Crippen LogP contribution in [-0.2, 0) is 0 Å². The van der Waals surface area contributed by atoms with Gasteiger partial charge in [0.1, 0.15) is 5.75 Å². The summed E-state index contributed by atoms with van der Waals surface area (Å²) < 4.78 is 5.35. The second kappa shape index (κ2) is 7.62. The zero-order chi connectivity index (χ0) is 12.5. The molecule has 0 bridgehead atoms. The summed E-state index contributed by atoms with van der Waals surface area (Å²) in [7, 11) is 0. The van der Waals surface area contributed by atoms with Crippen LogP contribution in [0.1, 0.15) is 19.4 Å². The lowest BCUT2D eigenvalue weighted by Gasteiger charge is -2.01. The van der Waals surface area contributed by atoms with E-state index in [-0.39, 0.29) is 0 Å². The number of hydrazine groups is 1. The summed E-state index contributed by atoms with van der Waals surface area (Å²) in [5.74, 6) is 0.876. The molecule has 0 aliphatic carbocycles. The summed E-state index contributed by atoms with van der Waals surface area (Å²) in [6.45, 7) is 5.44. The number of nitrogens with one attached hydrogen (secondary N) is 3. The zero-order valence-corrected chi connectivity index (χ0v) is 10.9. The molecule has 4 nitrogen and oxygen atoms in total. The van der Waals surface area contributed by atoms with Crippen molar-refractivity contribution in [1.29, 1.82) is 0 Å². The predicted octanol–water partition coefficient (Wildman–Crippen LogP) is -0.0162. The lowest BCUT2D eigenvalue weighted by molar-refractivity contribution is -0.500. The summed E-state index contributed by atoms with van der Waals surface area (Å²) >= 11 is 5.00. The number of hydrogen-bond donors (Lipinski definition) is 3. The monoisotopic (exact) mass is 252 g/mol. The van der Waals surface area contributed by atoms with Crippen molar-refractivity contribution < 1.29 is 9.84 Å². The highest BCUT2D eigenvalue weighted by atomic mass is 32.1. The van der Waals surface area contributed by atoms with Gasteiger partial charge in [-0.1, -0.05) is 0 Å². The average molecular weight is 252 g/mol. The van der Waals surface area contributed by atoms with E-state index in [1.165, 1.54) is 0 Å². The van der Waals surface area contributed by atoms with Crippen LogP contribution in [0.25, 0.3) is 0 Å². The Morgan fingerprint density at radius 2 is 2.06 bits per heavy atom. The van der Waals surface area contributed by atoms with E-state index in [0.29, 0.717) is 11.7 Å². The first-order valence-electron chi connectivity index (χ1n) is 5.61. The van der Waals surface area contributed by atoms with Gasteiger partial charge in [-0.25, -0.2) is 0 Å². The van der Waals surface area contributed by atoms with Crippen molar-refractivity contribution in [2.24, 2.45) is 0 Å². The topological polar surface area (TPSA) is 47.3 Å². The number of hydrazone groups is 1. The van der Waals surface area contributed by atoms with Gasteiger partial charge in [-0.05, 0) is 50.3 Å². The molecule has 0 amide bonds. The Morgan fingerprint density at radius 3 is 2.65 bits per heavy atom. The van der Waals surface area contributed by atoms with Gasteiger partial charge in [-0.3, -0.25) is 0 Å².